The molecule has 0 aromatic rings. The fraction of sp³-hybridized carbons (Fsp3) is 1.00. The Labute approximate surface area is 178 Å². The number of halogens is 2. The maximum Gasteiger partial charge on any atom is 0.147 e. The molecule has 0 aromatic heterocycles. The van der Waals surface area contributed by atoms with Crippen molar-refractivity contribution in [2.24, 2.45) is 10.2 Å². The highest BCUT2D eigenvalue weighted by Gasteiger charge is 2.40. The summed E-state index contributed by atoms with van der Waals surface area (Å²) in [6.45, 7) is 1.82. The summed E-state index contributed by atoms with van der Waals surface area (Å²) < 4.78 is 33.8. The van der Waals surface area contributed by atoms with Crippen LogP contribution in [0.1, 0.15) is 0 Å². The van der Waals surface area contributed by atoms with Crippen LogP contribution in [-0.4, -0.2) is 95.7 Å². The number of hydrogen-bond acceptors (Lipinski definition) is 8. The first-order chi connectivity index (χ1) is 14.3. The van der Waals surface area contributed by atoms with Crippen LogP contribution in [0.25, 0.3) is 20.9 Å². The van der Waals surface area contributed by atoms with Gasteiger partial charge in [-0.15, -0.1) is 23.2 Å². The van der Waals surface area contributed by atoms with Gasteiger partial charge >= 0.3 is 0 Å². The molecule has 0 unspecified atom stereocenters. The first kappa shape index (κ1) is 26.0. The van der Waals surface area contributed by atoms with Crippen molar-refractivity contribution in [1.82, 2.24) is 0 Å². The Morgan fingerprint density at radius 2 is 1.21 bits per heavy atom. The molecule has 1 fully saturated rings. The molecule has 0 bridgehead atoms. The largest absolute Gasteiger partial charge is 0.378 e. The van der Waals surface area contributed by atoms with E-state index in [1.165, 1.54) is 0 Å². The van der Waals surface area contributed by atoms with Gasteiger partial charge in [-0.2, -0.15) is 0 Å². The van der Waals surface area contributed by atoms with Crippen molar-refractivity contribution in [2.45, 2.75) is 24.4 Å². The Morgan fingerprint density at radius 3 is 1.59 bits per heavy atom. The van der Waals surface area contributed by atoms with Crippen LogP contribution in [0.3, 0.4) is 0 Å². The third-order valence-electron chi connectivity index (χ3n) is 3.79. The van der Waals surface area contributed by atoms with Crippen LogP contribution in [0.2, 0.25) is 0 Å². The molecule has 29 heavy (non-hydrogen) atoms. The molecule has 1 saturated heterocycles. The van der Waals surface area contributed by atoms with Crippen molar-refractivity contribution >= 4 is 23.2 Å². The van der Waals surface area contributed by atoms with Gasteiger partial charge in [-0.3, -0.25) is 0 Å². The van der Waals surface area contributed by atoms with Gasteiger partial charge in [-0.05, 0) is 11.1 Å². The lowest BCUT2D eigenvalue weighted by molar-refractivity contribution is -0.139. The predicted octanol–water partition coefficient (Wildman–Crippen LogP) is 2.63. The van der Waals surface area contributed by atoms with Gasteiger partial charge in [0.15, 0.2) is 0 Å². The minimum Gasteiger partial charge on any atom is -0.378 e. The van der Waals surface area contributed by atoms with Crippen LogP contribution in [-0.2, 0) is 28.4 Å². The molecule has 0 amide bonds. The summed E-state index contributed by atoms with van der Waals surface area (Å²) in [6, 6.07) is 0. The summed E-state index contributed by atoms with van der Waals surface area (Å²) in [7, 11) is 0. The summed E-state index contributed by atoms with van der Waals surface area (Å²) >= 11 is 11.2. The Kier molecular flexibility index (Phi) is 15.9. The zero-order valence-corrected chi connectivity index (χ0v) is 17.5. The molecule has 0 saturated carbocycles. The van der Waals surface area contributed by atoms with Crippen LogP contribution in [0, 0.1) is 0 Å². The summed E-state index contributed by atoms with van der Waals surface area (Å²) in [6.07, 6.45) is -2.56. The summed E-state index contributed by atoms with van der Waals surface area (Å²) in [5, 5.41) is 7.16. The van der Waals surface area contributed by atoms with E-state index in [9.17, 15) is 0 Å². The number of ether oxygens (including phenoxy) is 6. The van der Waals surface area contributed by atoms with Crippen molar-refractivity contribution in [3.05, 3.63) is 20.9 Å². The lowest BCUT2D eigenvalue weighted by atomic mass is 10.0. The number of nitrogens with zero attached hydrogens (tertiary/aromatic N) is 6. The second kappa shape index (κ2) is 17.8. The molecule has 12 nitrogen and oxygen atoms in total. The first-order valence-electron chi connectivity index (χ1n) is 9.04. The van der Waals surface area contributed by atoms with Crippen LogP contribution in [0.5, 0.6) is 0 Å². The molecule has 4 atom stereocenters. The van der Waals surface area contributed by atoms with Gasteiger partial charge in [0.2, 0.25) is 0 Å². The van der Waals surface area contributed by atoms with E-state index < -0.39 is 24.4 Å². The van der Waals surface area contributed by atoms with Crippen LogP contribution in [0.4, 0.5) is 0 Å². The molecule has 0 aromatic carbocycles. The van der Waals surface area contributed by atoms with E-state index in [0.717, 1.165) is 0 Å². The van der Waals surface area contributed by atoms with Gasteiger partial charge in [0, 0.05) is 21.6 Å². The predicted molar refractivity (Wildman–Crippen MR) is 105 cm³/mol. The normalized spacial score (nSPS) is 24.3. The second-order valence-electron chi connectivity index (χ2n) is 5.63. The molecule has 0 N–H and O–H groups in total. The fourth-order valence-corrected chi connectivity index (χ4v) is 2.80. The quantitative estimate of drug-likeness (QED) is 0.114. The summed E-state index contributed by atoms with van der Waals surface area (Å²) in [4.78, 5) is 5.55. The Bertz CT molecular complexity index is 480. The zero-order valence-electron chi connectivity index (χ0n) is 16.0. The molecule has 1 rings (SSSR count). The lowest BCUT2D eigenvalue weighted by Crippen LogP contribution is -2.49. The lowest BCUT2D eigenvalue weighted by Gasteiger charge is -2.32. The Hall–Kier alpha value is -1.04. The van der Waals surface area contributed by atoms with E-state index in [1.807, 2.05) is 0 Å². The minimum atomic E-state index is -0.658. The van der Waals surface area contributed by atoms with Crippen molar-refractivity contribution in [2.75, 3.05) is 71.3 Å². The average molecular weight is 457 g/mol. The molecule has 0 spiro atoms. The molecule has 1 aliphatic rings. The third-order valence-corrected chi connectivity index (χ3v) is 4.10. The molecule has 166 valence electrons. The van der Waals surface area contributed by atoms with E-state index in [2.05, 4.69) is 20.1 Å². The minimum absolute atomic E-state index is 0.0178. The van der Waals surface area contributed by atoms with Gasteiger partial charge in [-0.1, -0.05) is 10.2 Å². The number of hydrogen-bond donors (Lipinski definition) is 0. The summed E-state index contributed by atoms with van der Waals surface area (Å²) in [5.41, 5.74) is 17.3. The van der Waals surface area contributed by atoms with Gasteiger partial charge < -0.3 is 28.4 Å². The smallest absolute Gasteiger partial charge is 0.147 e. The molecular formula is C15H26Cl2N6O6. The van der Waals surface area contributed by atoms with Gasteiger partial charge in [0.1, 0.15) is 19.0 Å². The molecular weight excluding hydrogens is 431 g/mol. The molecule has 0 radical (unpaired) electrons. The monoisotopic (exact) mass is 456 g/mol. The highest BCUT2D eigenvalue weighted by molar-refractivity contribution is 6.18. The van der Waals surface area contributed by atoms with E-state index in [1.54, 1.807) is 0 Å². The highest BCUT2D eigenvalue weighted by Crippen LogP contribution is 2.22. The second-order valence-corrected chi connectivity index (χ2v) is 6.38. The zero-order chi connectivity index (χ0) is 21.2. The number of azide groups is 2. The van der Waals surface area contributed by atoms with Crippen LogP contribution < -0.4 is 0 Å². The molecule has 1 aliphatic heterocycles. The van der Waals surface area contributed by atoms with Crippen LogP contribution >= 0.6 is 23.2 Å². The first-order valence-corrected chi connectivity index (χ1v) is 10.1. The molecule has 14 heteroatoms. The van der Waals surface area contributed by atoms with Gasteiger partial charge in [0.05, 0.1) is 64.9 Å². The summed E-state index contributed by atoms with van der Waals surface area (Å²) in [5.74, 6) is 0.754. The fourth-order valence-electron chi connectivity index (χ4n) is 2.58. The van der Waals surface area contributed by atoms with E-state index in [4.69, 9.17) is 62.7 Å². The maximum absolute atomic E-state index is 8.67. The topological polar surface area (TPSA) is 153 Å². The van der Waals surface area contributed by atoms with E-state index in [0.29, 0.717) is 38.2 Å². The van der Waals surface area contributed by atoms with Crippen LogP contribution in [0.15, 0.2) is 10.2 Å². The highest BCUT2D eigenvalue weighted by atomic mass is 35.5. The maximum atomic E-state index is 8.67. The van der Waals surface area contributed by atoms with Crippen molar-refractivity contribution in [3.8, 4) is 0 Å². The standard InChI is InChI=1S/C15H26Cl2N6O6/c16-1-3-24-5-7-26-14-12(9-20-22-18)28-11-29-13(10-21-23-19)15(14)27-8-6-25-4-2-17/h12-15H,1-11H2/t12-,13+,14-,15-/m1/s1. The van der Waals surface area contributed by atoms with Gasteiger partial charge in [0.25, 0.3) is 0 Å². The van der Waals surface area contributed by atoms with E-state index >= 15 is 0 Å². The van der Waals surface area contributed by atoms with Crippen molar-refractivity contribution < 1.29 is 28.4 Å². The SMILES string of the molecule is [N-]=[N+]=NC[C@@H]1OCO[C@H](CN=[N+]=[N-])[C@@H](OCCOCCCl)[C@@H]1OCCOCCCl. The van der Waals surface area contributed by atoms with Gasteiger partial charge in [-0.25, -0.2) is 0 Å². The number of alkyl halides is 2. The van der Waals surface area contributed by atoms with E-state index in [-0.39, 0.29) is 33.1 Å². The molecule has 1 heterocycles. The third kappa shape index (κ3) is 11.1. The molecule has 0 aliphatic carbocycles. The number of rotatable bonds is 16. The van der Waals surface area contributed by atoms with Crippen molar-refractivity contribution in [3.63, 3.8) is 0 Å². The average Bonchev–Trinajstić information content (AvgIpc) is 2.89. The van der Waals surface area contributed by atoms with Crippen molar-refractivity contribution in [1.29, 1.82) is 0 Å². The Morgan fingerprint density at radius 1 is 0.759 bits per heavy atom. The Balaban J connectivity index is 2.87.